The van der Waals surface area contributed by atoms with E-state index in [-0.39, 0.29) is 0 Å². The van der Waals surface area contributed by atoms with Gasteiger partial charge >= 0.3 is 0 Å². The molecule has 1 aliphatic rings. The highest BCUT2D eigenvalue weighted by molar-refractivity contribution is 6.32. The monoisotopic (exact) mass is 289 g/mol. The van der Waals surface area contributed by atoms with Crippen LogP contribution in [0.2, 0.25) is 5.02 Å². The van der Waals surface area contributed by atoms with Gasteiger partial charge in [-0.1, -0.05) is 11.6 Å². The van der Waals surface area contributed by atoms with Gasteiger partial charge < -0.3 is 10.0 Å². The predicted octanol–water partition coefficient (Wildman–Crippen LogP) is 1.43. The lowest BCUT2D eigenvalue weighted by Crippen LogP contribution is -2.31. The second-order valence-electron chi connectivity index (χ2n) is 4.83. The van der Waals surface area contributed by atoms with Crippen LogP contribution >= 0.6 is 11.6 Å². The average Bonchev–Trinajstić information content (AvgIpc) is 3.08. The van der Waals surface area contributed by atoms with Gasteiger partial charge in [0.05, 0.1) is 23.3 Å². The summed E-state index contributed by atoms with van der Waals surface area (Å²) in [5.74, 6) is 0. The molecule has 3 rings (SSSR count). The zero-order chi connectivity index (χ0) is 14.2. The average molecular weight is 290 g/mol. The van der Waals surface area contributed by atoms with E-state index in [2.05, 4.69) is 15.4 Å². The largest absolute Gasteiger partial charge is 0.381 e. The van der Waals surface area contributed by atoms with E-state index < -0.39 is 5.60 Å². The lowest BCUT2D eigenvalue weighted by molar-refractivity contribution is 0.0560. The molecule has 20 heavy (non-hydrogen) atoms. The summed E-state index contributed by atoms with van der Waals surface area (Å²) in [6, 6.07) is 7.29. The number of benzene rings is 1. The van der Waals surface area contributed by atoms with Crippen LogP contribution in [0.1, 0.15) is 17.7 Å². The van der Waals surface area contributed by atoms with E-state index in [4.69, 9.17) is 16.9 Å². The van der Waals surface area contributed by atoms with E-state index in [1.54, 1.807) is 12.1 Å². The molecule has 0 spiro atoms. The number of rotatable bonds is 2. The molecule has 0 saturated carbocycles. The molecule has 0 radical (unpaired) electrons. The van der Waals surface area contributed by atoms with Crippen molar-refractivity contribution in [1.82, 2.24) is 15.4 Å². The van der Waals surface area contributed by atoms with E-state index in [0.717, 1.165) is 5.69 Å². The Morgan fingerprint density at radius 2 is 2.35 bits per heavy atom. The van der Waals surface area contributed by atoms with Gasteiger partial charge in [-0.05, 0) is 18.2 Å². The van der Waals surface area contributed by atoms with Crippen molar-refractivity contribution in [3.63, 3.8) is 0 Å². The maximum atomic E-state index is 10.6. The summed E-state index contributed by atoms with van der Waals surface area (Å²) < 4.78 is 0. The van der Waals surface area contributed by atoms with E-state index in [0.29, 0.717) is 35.8 Å². The summed E-state index contributed by atoms with van der Waals surface area (Å²) in [5, 5.41) is 30.1. The van der Waals surface area contributed by atoms with Gasteiger partial charge in [0.1, 0.15) is 17.4 Å². The van der Waals surface area contributed by atoms with Crippen molar-refractivity contribution in [2.24, 2.45) is 0 Å². The Morgan fingerprint density at radius 3 is 3.00 bits per heavy atom. The Kier molecular flexibility index (Phi) is 3.08. The first-order valence-electron chi connectivity index (χ1n) is 6.16. The number of nitriles is 1. The van der Waals surface area contributed by atoms with Crippen molar-refractivity contribution in [2.45, 2.75) is 12.0 Å². The fourth-order valence-electron chi connectivity index (χ4n) is 2.44. The first kappa shape index (κ1) is 12.9. The van der Waals surface area contributed by atoms with Gasteiger partial charge in [-0.2, -0.15) is 20.7 Å². The fraction of sp³-hybridized carbons (Fsp3) is 0.308. The molecular formula is C13H12ClN5O. The summed E-state index contributed by atoms with van der Waals surface area (Å²) in [7, 11) is 0. The van der Waals surface area contributed by atoms with Crippen LogP contribution in [0.25, 0.3) is 0 Å². The van der Waals surface area contributed by atoms with Crippen molar-refractivity contribution in [1.29, 1.82) is 5.26 Å². The van der Waals surface area contributed by atoms with Crippen LogP contribution < -0.4 is 4.90 Å². The molecule has 6 nitrogen and oxygen atoms in total. The number of nitrogens with one attached hydrogen (secondary N) is 1. The van der Waals surface area contributed by atoms with Crippen molar-refractivity contribution in [3.8, 4) is 6.07 Å². The molecule has 1 aromatic heterocycles. The van der Waals surface area contributed by atoms with E-state index >= 15 is 0 Å². The van der Waals surface area contributed by atoms with Crippen molar-refractivity contribution in [2.75, 3.05) is 18.0 Å². The molecule has 0 aliphatic carbocycles. The standard InChI is InChI=1S/C13H12ClN5O/c14-11-5-10(2-1-9(11)6-15)19-4-3-13(20,8-19)12-7-16-18-17-12/h1-2,5,7,20H,3-4,8H2,(H,16,17,18)/t13-/m0/s1. The molecule has 2 heterocycles. The highest BCUT2D eigenvalue weighted by atomic mass is 35.5. The molecular weight excluding hydrogens is 278 g/mol. The molecule has 7 heteroatoms. The Balaban J connectivity index is 1.84. The number of β-amino-alcohol motifs (C(OH)–C–C–N with tert-alkyl or cyclic N) is 1. The summed E-state index contributed by atoms with van der Waals surface area (Å²) >= 11 is 6.04. The molecule has 0 bridgehead atoms. The maximum Gasteiger partial charge on any atom is 0.129 e. The van der Waals surface area contributed by atoms with Crippen LogP contribution in [0.3, 0.4) is 0 Å². The molecule has 1 saturated heterocycles. The van der Waals surface area contributed by atoms with Crippen LogP contribution in [0.5, 0.6) is 0 Å². The predicted molar refractivity (Wildman–Crippen MR) is 73.3 cm³/mol. The number of aromatic nitrogens is 3. The topological polar surface area (TPSA) is 88.8 Å². The molecule has 1 aliphatic heterocycles. The molecule has 1 atom stereocenters. The molecule has 0 unspecified atom stereocenters. The first-order chi connectivity index (χ1) is 9.62. The smallest absolute Gasteiger partial charge is 0.129 e. The second-order valence-corrected chi connectivity index (χ2v) is 5.24. The zero-order valence-corrected chi connectivity index (χ0v) is 11.3. The lowest BCUT2D eigenvalue weighted by atomic mass is 10.00. The number of hydrogen-bond donors (Lipinski definition) is 2. The third-order valence-electron chi connectivity index (χ3n) is 3.58. The van der Waals surface area contributed by atoms with Crippen LogP contribution in [-0.2, 0) is 5.60 Å². The van der Waals surface area contributed by atoms with Crippen LogP contribution in [0.15, 0.2) is 24.4 Å². The summed E-state index contributed by atoms with van der Waals surface area (Å²) in [5.41, 5.74) is 0.863. The van der Waals surface area contributed by atoms with E-state index in [1.165, 1.54) is 6.20 Å². The minimum atomic E-state index is -1.01. The highest BCUT2D eigenvalue weighted by Crippen LogP contribution is 2.34. The Morgan fingerprint density at radius 1 is 1.50 bits per heavy atom. The number of hydrogen-bond acceptors (Lipinski definition) is 5. The molecule has 1 aromatic carbocycles. The molecule has 1 fully saturated rings. The Bertz CT molecular complexity index is 666. The lowest BCUT2D eigenvalue weighted by Gasteiger charge is -2.22. The summed E-state index contributed by atoms with van der Waals surface area (Å²) in [4.78, 5) is 2.02. The van der Waals surface area contributed by atoms with Gasteiger partial charge in [-0.25, -0.2) is 0 Å². The fourth-order valence-corrected chi connectivity index (χ4v) is 2.66. The minimum absolute atomic E-state index is 0.418. The van der Waals surface area contributed by atoms with Gasteiger partial charge in [0.25, 0.3) is 0 Å². The molecule has 0 amide bonds. The molecule has 102 valence electrons. The second kappa shape index (κ2) is 4.78. The minimum Gasteiger partial charge on any atom is -0.381 e. The maximum absolute atomic E-state index is 10.6. The third-order valence-corrected chi connectivity index (χ3v) is 3.89. The quantitative estimate of drug-likeness (QED) is 0.873. The number of nitrogens with zero attached hydrogens (tertiary/aromatic N) is 4. The molecule has 2 aromatic rings. The van der Waals surface area contributed by atoms with Crippen LogP contribution in [0, 0.1) is 11.3 Å². The normalized spacial score (nSPS) is 21.9. The van der Waals surface area contributed by atoms with Gasteiger partial charge in [0.2, 0.25) is 0 Å². The SMILES string of the molecule is N#Cc1ccc(N2CC[C@@](O)(c3cn[nH]n3)C2)cc1Cl. The number of anilines is 1. The summed E-state index contributed by atoms with van der Waals surface area (Å²) in [6.07, 6.45) is 2.10. The summed E-state index contributed by atoms with van der Waals surface area (Å²) in [6.45, 7) is 1.10. The van der Waals surface area contributed by atoms with Gasteiger partial charge in [0.15, 0.2) is 0 Å². The van der Waals surface area contributed by atoms with Gasteiger partial charge in [0, 0.05) is 18.7 Å². The van der Waals surface area contributed by atoms with Crippen LogP contribution in [0.4, 0.5) is 5.69 Å². The van der Waals surface area contributed by atoms with Crippen molar-refractivity contribution >= 4 is 17.3 Å². The van der Waals surface area contributed by atoms with Crippen molar-refractivity contribution < 1.29 is 5.11 Å². The molecule has 2 N–H and O–H groups in total. The Hall–Kier alpha value is -2.10. The van der Waals surface area contributed by atoms with Crippen molar-refractivity contribution in [3.05, 3.63) is 40.7 Å². The number of aromatic amines is 1. The van der Waals surface area contributed by atoms with Gasteiger partial charge in [-0.15, -0.1) is 0 Å². The highest BCUT2D eigenvalue weighted by Gasteiger charge is 2.39. The van der Waals surface area contributed by atoms with Crippen LogP contribution in [-0.4, -0.2) is 33.6 Å². The van der Waals surface area contributed by atoms with E-state index in [9.17, 15) is 5.11 Å². The first-order valence-corrected chi connectivity index (χ1v) is 6.53. The number of aliphatic hydroxyl groups is 1. The third kappa shape index (κ3) is 2.11. The number of halogens is 1. The Labute approximate surface area is 120 Å². The van der Waals surface area contributed by atoms with E-state index in [1.807, 2.05) is 17.0 Å². The van der Waals surface area contributed by atoms with Gasteiger partial charge in [-0.3, -0.25) is 0 Å². The zero-order valence-electron chi connectivity index (χ0n) is 10.5. The number of H-pyrrole nitrogens is 1.